The molecular weight excluding hydrogens is 592 g/mol. The molecule has 7 nitrogen and oxygen atoms in total. The average molecular weight is 633 g/mol. The minimum atomic E-state index is -0.345. The molecule has 0 heterocycles. The normalized spacial score (nSPS) is 9.79. The highest BCUT2D eigenvalue weighted by molar-refractivity contribution is 6.16. The van der Waals surface area contributed by atoms with Crippen LogP contribution in [0.3, 0.4) is 0 Å². The van der Waals surface area contributed by atoms with Crippen LogP contribution in [0.25, 0.3) is 0 Å². The topological polar surface area (TPSA) is 119 Å². The molecule has 0 bridgehead atoms. The maximum Gasteiger partial charge on any atom is 0.167 e. The molecule has 47 heavy (non-hydrogen) atoms. The fourth-order valence-electron chi connectivity index (χ4n) is 4.41. The van der Waals surface area contributed by atoms with Gasteiger partial charge >= 0.3 is 0 Å². The Hall–Kier alpha value is -5.69. The molecule has 2 rings (SSSR count). The summed E-state index contributed by atoms with van der Waals surface area (Å²) in [4.78, 5) is 85.8. The molecule has 0 unspecified atom stereocenters. The van der Waals surface area contributed by atoms with Gasteiger partial charge in [-0.1, -0.05) is 48.6 Å². The summed E-state index contributed by atoms with van der Waals surface area (Å²) in [5.41, 5.74) is 1.42. The summed E-state index contributed by atoms with van der Waals surface area (Å²) in [6.45, 7) is 24.7. The van der Waals surface area contributed by atoms with Crippen LogP contribution >= 0.6 is 0 Å². The highest BCUT2D eigenvalue weighted by Gasteiger charge is 2.24. The van der Waals surface area contributed by atoms with Crippen LogP contribution in [0.5, 0.6) is 0 Å². The quantitative estimate of drug-likeness (QED) is 0.0997. The first-order valence-electron chi connectivity index (χ1n) is 14.8. The molecule has 0 spiro atoms. The highest BCUT2D eigenvalue weighted by atomic mass is 16.2. The van der Waals surface area contributed by atoms with Crippen molar-refractivity contribution in [2.24, 2.45) is 0 Å². The third-order valence-electron chi connectivity index (χ3n) is 6.61. The lowest BCUT2D eigenvalue weighted by atomic mass is 9.88. The lowest BCUT2D eigenvalue weighted by Gasteiger charge is -2.13. The number of hydrogen-bond donors (Lipinski definition) is 0. The van der Waals surface area contributed by atoms with Crippen LogP contribution < -0.4 is 0 Å². The Labute approximate surface area is 276 Å². The van der Waals surface area contributed by atoms with Crippen LogP contribution in [0.2, 0.25) is 0 Å². The fraction of sp³-hybridized carbons (Fsp3) is 0.175. The highest BCUT2D eigenvalue weighted by Crippen LogP contribution is 2.24. The van der Waals surface area contributed by atoms with E-state index in [2.05, 4.69) is 46.1 Å². The first-order valence-corrected chi connectivity index (χ1v) is 14.8. The van der Waals surface area contributed by atoms with E-state index in [1.165, 1.54) is 66.8 Å². The van der Waals surface area contributed by atoms with Crippen molar-refractivity contribution in [3.05, 3.63) is 158 Å². The molecule has 0 fully saturated rings. The molecule has 0 N–H and O–H groups in total. The van der Waals surface area contributed by atoms with Crippen LogP contribution in [0.15, 0.2) is 119 Å². The van der Waals surface area contributed by atoms with Gasteiger partial charge in [0.05, 0.1) is 0 Å². The molecular formula is C40H40O7. The summed E-state index contributed by atoms with van der Waals surface area (Å²) in [7, 11) is 0. The minimum Gasteiger partial charge on any atom is -0.294 e. The first kappa shape index (κ1) is 39.3. The Morgan fingerprint density at radius 1 is 0.340 bits per heavy atom. The standard InChI is InChI=1S/C22H22O4.C18H18O3/c1-5-9-19(23)15-13-17(21(25)11-7-3)18(22(26)12-8-4)14-16(15)20(24)10-6-2;1-4-7-16(19)13-10-11-14(17(20)8-5-2)15(12-13)18(21)9-6-3/h5-8,13-14H,1-4,9-12H2;4-6,10-12H,1-3,7-9H2. The van der Waals surface area contributed by atoms with E-state index in [-0.39, 0.29) is 113 Å². The molecule has 0 aliphatic carbocycles. The summed E-state index contributed by atoms with van der Waals surface area (Å²) in [6, 6.07) is 7.24. The number of hydrogen-bond acceptors (Lipinski definition) is 7. The molecule has 0 saturated carbocycles. The van der Waals surface area contributed by atoms with Gasteiger partial charge < -0.3 is 0 Å². The molecule has 0 aliphatic rings. The predicted molar refractivity (Wildman–Crippen MR) is 187 cm³/mol. The van der Waals surface area contributed by atoms with E-state index >= 15 is 0 Å². The molecule has 0 saturated heterocycles. The SMILES string of the molecule is C=CCC(=O)c1cc(C(=O)CC=C)c(C(=O)CC=C)cc1C(=O)CC=C.C=CCC(=O)c1ccc(C(=O)CC=C)c(C(=O)CC=C)c1. The minimum absolute atomic E-state index is 0.0173. The largest absolute Gasteiger partial charge is 0.294 e. The number of rotatable bonds is 21. The number of ketones is 7. The lowest BCUT2D eigenvalue weighted by Crippen LogP contribution is -2.16. The van der Waals surface area contributed by atoms with Gasteiger partial charge in [0, 0.05) is 83.9 Å². The van der Waals surface area contributed by atoms with E-state index in [0.29, 0.717) is 11.1 Å². The molecule has 2 aromatic carbocycles. The van der Waals surface area contributed by atoms with Gasteiger partial charge in [0.2, 0.25) is 0 Å². The van der Waals surface area contributed by atoms with Crippen LogP contribution in [0, 0.1) is 0 Å². The Balaban J connectivity index is 0.000000481. The maximum atomic E-state index is 12.4. The van der Waals surface area contributed by atoms with Crippen LogP contribution in [0.4, 0.5) is 0 Å². The van der Waals surface area contributed by atoms with Gasteiger partial charge in [-0.15, -0.1) is 46.1 Å². The molecule has 0 aromatic heterocycles. The van der Waals surface area contributed by atoms with Crippen molar-refractivity contribution in [1.82, 2.24) is 0 Å². The maximum absolute atomic E-state index is 12.4. The fourth-order valence-corrected chi connectivity index (χ4v) is 4.41. The summed E-state index contributed by atoms with van der Waals surface area (Å²) >= 11 is 0. The van der Waals surface area contributed by atoms with E-state index in [1.54, 1.807) is 6.07 Å². The van der Waals surface area contributed by atoms with Gasteiger partial charge in [0.25, 0.3) is 0 Å². The van der Waals surface area contributed by atoms with Gasteiger partial charge in [-0.05, 0) is 24.3 Å². The van der Waals surface area contributed by atoms with Crippen LogP contribution in [-0.4, -0.2) is 40.5 Å². The molecule has 7 heteroatoms. The smallest absolute Gasteiger partial charge is 0.167 e. The molecule has 0 radical (unpaired) electrons. The van der Waals surface area contributed by atoms with Crippen LogP contribution in [0.1, 0.15) is 117 Å². The Morgan fingerprint density at radius 2 is 0.574 bits per heavy atom. The van der Waals surface area contributed by atoms with Crippen molar-refractivity contribution < 1.29 is 33.6 Å². The summed E-state index contributed by atoms with van der Waals surface area (Å²) < 4.78 is 0. The van der Waals surface area contributed by atoms with Crippen molar-refractivity contribution in [3.63, 3.8) is 0 Å². The van der Waals surface area contributed by atoms with E-state index in [9.17, 15) is 33.6 Å². The van der Waals surface area contributed by atoms with Crippen molar-refractivity contribution in [3.8, 4) is 0 Å². The first-order chi connectivity index (χ1) is 22.4. The zero-order chi connectivity index (χ0) is 35.5. The summed E-state index contributed by atoms with van der Waals surface area (Å²) in [5, 5.41) is 0. The van der Waals surface area contributed by atoms with Crippen molar-refractivity contribution >= 4 is 40.5 Å². The zero-order valence-electron chi connectivity index (χ0n) is 26.7. The molecule has 0 amide bonds. The number of carbonyl (C=O) groups excluding carboxylic acids is 7. The van der Waals surface area contributed by atoms with Gasteiger partial charge in [-0.2, -0.15) is 0 Å². The third-order valence-corrected chi connectivity index (χ3v) is 6.61. The molecule has 242 valence electrons. The number of benzene rings is 2. The second-order valence-electron chi connectivity index (χ2n) is 10.1. The van der Waals surface area contributed by atoms with Crippen molar-refractivity contribution in [2.45, 2.75) is 44.9 Å². The van der Waals surface area contributed by atoms with Crippen molar-refractivity contribution in [1.29, 1.82) is 0 Å². The van der Waals surface area contributed by atoms with Crippen LogP contribution in [-0.2, 0) is 0 Å². The van der Waals surface area contributed by atoms with E-state index < -0.39 is 0 Å². The lowest BCUT2D eigenvalue weighted by molar-refractivity contribution is 0.0952. The molecule has 0 aliphatic heterocycles. The number of Topliss-reactive ketones (excluding diaryl/α,β-unsaturated/α-hetero) is 7. The monoisotopic (exact) mass is 632 g/mol. The molecule has 2 aromatic rings. The Morgan fingerprint density at radius 3 is 0.851 bits per heavy atom. The van der Waals surface area contributed by atoms with Gasteiger partial charge in [0.15, 0.2) is 40.5 Å². The predicted octanol–water partition coefficient (Wildman–Crippen LogP) is 8.68. The van der Waals surface area contributed by atoms with E-state index in [1.807, 2.05) is 0 Å². The van der Waals surface area contributed by atoms with E-state index in [0.717, 1.165) is 0 Å². The number of carbonyl (C=O) groups is 7. The summed E-state index contributed by atoms with van der Waals surface area (Å²) in [6.07, 6.45) is 10.7. The second-order valence-corrected chi connectivity index (χ2v) is 10.1. The molecule has 0 atom stereocenters. The number of allylic oxidation sites excluding steroid dienone is 7. The average Bonchev–Trinajstić information content (AvgIpc) is 3.05. The second kappa shape index (κ2) is 20.4. The Kier molecular flexibility index (Phi) is 17.0. The summed E-state index contributed by atoms with van der Waals surface area (Å²) in [5.74, 6) is -1.94. The zero-order valence-corrected chi connectivity index (χ0v) is 26.7. The van der Waals surface area contributed by atoms with E-state index in [4.69, 9.17) is 0 Å². The third kappa shape index (κ3) is 11.3. The Bertz CT molecular complexity index is 1520. The van der Waals surface area contributed by atoms with Gasteiger partial charge in [-0.3, -0.25) is 33.6 Å². The van der Waals surface area contributed by atoms with Crippen molar-refractivity contribution in [2.75, 3.05) is 0 Å². The van der Waals surface area contributed by atoms with Gasteiger partial charge in [0.1, 0.15) is 0 Å². The van der Waals surface area contributed by atoms with Gasteiger partial charge in [-0.25, -0.2) is 0 Å².